The Hall–Kier alpha value is -1.62. The molecule has 2 heterocycles. The summed E-state index contributed by atoms with van der Waals surface area (Å²) in [5.74, 6) is 0.789. The summed E-state index contributed by atoms with van der Waals surface area (Å²) in [5, 5.41) is 1.91. The number of hydrogen-bond donors (Lipinski definition) is 0. The smallest absolute Gasteiger partial charge is 0.348 e. The Morgan fingerprint density at radius 3 is 3.11 bits per heavy atom. The maximum Gasteiger partial charge on any atom is 0.348 e. The van der Waals surface area contributed by atoms with E-state index in [-0.39, 0.29) is 5.97 Å². The van der Waals surface area contributed by atoms with E-state index in [9.17, 15) is 4.79 Å². The number of methoxy groups -OCH3 is 1. The molecule has 96 valence electrons. The largest absolute Gasteiger partial charge is 0.465 e. The molecule has 0 aromatic carbocycles. The van der Waals surface area contributed by atoms with Crippen molar-refractivity contribution in [3.8, 4) is 0 Å². The molecule has 4 nitrogen and oxygen atoms in total. The van der Waals surface area contributed by atoms with Crippen molar-refractivity contribution in [2.75, 3.05) is 7.11 Å². The highest BCUT2D eigenvalue weighted by molar-refractivity contribution is 7.12. The van der Waals surface area contributed by atoms with Crippen LogP contribution in [0.4, 0.5) is 0 Å². The molecule has 0 N–H and O–H groups in total. The van der Waals surface area contributed by atoms with Crippen LogP contribution < -0.4 is 0 Å². The van der Waals surface area contributed by atoms with Crippen LogP contribution in [-0.2, 0) is 17.7 Å². The molecule has 0 bridgehead atoms. The van der Waals surface area contributed by atoms with E-state index in [0.29, 0.717) is 11.4 Å². The summed E-state index contributed by atoms with van der Waals surface area (Å²) in [5.41, 5.74) is 0.988. The first-order valence-electron chi connectivity index (χ1n) is 5.91. The molecule has 0 aliphatic heterocycles. The number of aromatic nitrogens is 2. The predicted octanol–water partition coefficient (Wildman–Crippen LogP) is 2.73. The van der Waals surface area contributed by atoms with Gasteiger partial charge < -0.3 is 9.30 Å². The summed E-state index contributed by atoms with van der Waals surface area (Å²) in [6, 6.07) is 1.96. The van der Waals surface area contributed by atoms with Gasteiger partial charge in [0.05, 0.1) is 13.7 Å². The highest BCUT2D eigenvalue weighted by Crippen LogP contribution is 2.19. The van der Waals surface area contributed by atoms with Gasteiger partial charge in [-0.2, -0.15) is 0 Å². The second kappa shape index (κ2) is 5.82. The number of aryl methyl sites for hydroxylation is 1. The van der Waals surface area contributed by atoms with E-state index in [1.54, 1.807) is 6.20 Å². The average Bonchev–Trinajstić information content (AvgIpc) is 3.00. The zero-order valence-electron chi connectivity index (χ0n) is 10.5. The van der Waals surface area contributed by atoms with Crippen molar-refractivity contribution in [2.45, 2.75) is 26.3 Å². The minimum Gasteiger partial charge on any atom is -0.465 e. The van der Waals surface area contributed by atoms with Crippen molar-refractivity contribution < 1.29 is 9.53 Å². The fraction of sp³-hybridized carbons (Fsp3) is 0.385. The second-order valence-electron chi connectivity index (χ2n) is 3.99. The topological polar surface area (TPSA) is 44.1 Å². The summed E-state index contributed by atoms with van der Waals surface area (Å²) in [6.45, 7) is 2.80. The number of carbonyl (C=O) groups is 1. The van der Waals surface area contributed by atoms with E-state index in [2.05, 4.69) is 16.5 Å². The van der Waals surface area contributed by atoms with Crippen LogP contribution >= 0.6 is 11.3 Å². The normalized spacial score (nSPS) is 10.6. The van der Waals surface area contributed by atoms with Crippen LogP contribution in [0.5, 0.6) is 0 Å². The monoisotopic (exact) mass is 264 g/mol. The molecule has 0 radical (unpaired) electrons. The van der Waals surface area contributed by atoms with E-state index in [1.165, 1.54) is 18.4 Å². The van der Waals surface area contributed by atoms with Gasteiger partial charge in [0, 0.05) is 18.8 Å². The number of esters is 1. The fourth-order valence-electron chi connectivity index (χ4n) is 1.85. The Morgan fingerprint density at radius 2 is 2.39 bits per heavy atom. The zero-order chi connectivity index (χ0) is 13.0. The van der Waals surface area contributed by atoms with Crippen LogP contribution in [0.1, 0.15) is 34.4 Å². The van der Waals surface area contributed by atoms with Gasteiger partial charge in [-0.15, -0.1) is 11.3 Å². The Balaban J connectivity index is 2.21. The highest BCUT2D eigenvalue weighted by atomic mass is 32.1. The highest BCUT2D eigenvalue weighted by Gasteiger charge is 2.14. The Morgan fingerprint density at radius 1 is 1.56 bits per heavy atom. The number of imidazole rings is 1. The van der Waals surface area contributed by atoms with Crippen molar-refractivity contribution in [2.24, 2.45) is 0 Å². The lowest BCUT2D eigenvalue weighted by Crippen LogP contribution is -2.08. The first-order valence-corrected chi connectivity index (χ1v) is 6.79. The average molecular weight is 264 g/mol. The Kier molecular flexibility index (Phi) is 4.15. The lowest BCUT2D eigenvalue weighted by molar-refractivity contribution is 0.0605. The first kappa shape index (κ1) is 12.8. The van der Waals surface area contributed by atoms with E-state index in [0.717, 1.165) is 24.2 Å². The quantitative estimate of drug-likeness (QED) is 0.780. The van der Waals surface area contributed by atoms with E-state index < -0.39 is 0 Å². The van der Waals surface area contributed by atoms with Gasteiger partial charge in [0.1, 0.15) is 10.7 Å². The molecule has 5 heteroatoms. The van der Waals surface area contributed by atoms with Gasteiger partial charge in [-0.3, -0.25) is 0 Å². The second-order valence-corrected chi connectivity index (χ2v) is 4.90. The molecule has 2 aromatic rings. The molecule has 18 heavy (non-hydrogen) atoms. The molecule has 0 saturated heterocycles. The summed E-state index contributed by atoms with van der Waals surface area (Å²) >= 11 is 1.42. The molecule has 0 aliphatic carbocycles. The molecule has 0 spiro atoms. The Labute approximate surface area is 110 Å². The van der Waals surface area contributed by atoms with Gasteiger partial charge in [0.25, 0.3) is 0 Å². The first-order chi connectivity index (χ1) is 8.76. The molecule has 0 unspecified atom stereocenters. The van der Waals surface area contributed by atoms with Gasteiger partial charge in [-0.25, -0.2) is 9.78 Å². The van der Waals surface area contributed by atoms with Crippen molar-refractivity contribution >= 4 is 17.3 Å². The van der Waals surface area contributed by atoms with Crippen molar-refractivity contribution in [3.05, 3.63) is 40.1 Å². The minimum absolute atomic E-state index is 0.267. The van der Waals surface area contributed by atoms with Gasteiger partial charge in [-0.1, -0.05) is 6.92 Å². The number of ether oxygens (including phenoxy) is 1. The molecule has 0 amide bonds. The van der Waals surface area contributed by atoms with E-state index >= 15 is 0 Å². The van der Waals surface area contributed by atoms with Crippen LogP contribution in [0, 0.1) is 0 Å². The van der Waals surface area contributed by atoms with Crippen LogP contribution in [0.25, 0.3) is 0 Å². The van der Waals surface area contributed by atoms with E-state index in [4.69, 9.17) is 4.74 Å². The molecule has 0 aliphatic rings. The maximum atomic E-state index is 11.6. The Bertz CT molecular complexity index is 531. The lowest BCUT2D eigenvalue weighted by atomic mass is 10.2. The standard InChI is InChI=1S/C13H16N2O2S/c1-3-4-11-14-6-7-15(11)9-10-5-8-18-12(10)13(16)17-2/h5-8H,3-4,9H2,1-2H3. The summed E-state index contributed by atoms with van der Waals surface area (Å²) < 4.78 is 6.86. The summed E-state index contributed by atoms with van der Waals surface area (Å²) in [7, 11) is 1.41. The van der Waals surface area contributed by atoms with Gasteiger partial charge in [-0.05, 0) is 23.4 Å². The molecule has 0 fully saturated rings. The van der Waals surface area contributed by atoms with Gasteiger partial charge in [0.15, 0.2) is 0 Å². The van der Waals surface area contributed by atoms with Crippen molar-refractivity contribution in [3.63, 3.8) is 0 Å². The number of thiophene rings is 1. The third kappa shape index (κ3) is 2.61. The van der Waals surface area contributed by atoms with Gasteiger partial charge in [0.2, 0.25) is 0 Å². The van der Waals surface area contributed by atoms with Crippen LogP contribution in [0.15, 0.2) is 23.8 Å². The SMILES string of the molecule is CCCc1nccn1Cc1ccsc1C(=O)OC. The van der Waals surface area contributed by atoms with Gasteiger partial charge >= 0.3 is 5.97 Å². The van der Waals surface area contributed by atoms with Crippen molar-refractivity contribution in [1.29, 1.82) is 0 Å². The molecular weight excluding hydrogens is 248 g/mol. The van der Waals surface area contributed by atoms with Crippen LogP contribution in [0.2, 0.25) is 0 Å². The third-order valence-electron chi connectivity index (χ3n) is 2.73. The van der Waals surface area contributed by atoms with Crippen LogP contribution in [0.3, 0.4) is 0 Å². The van der Waals surface area contributed by atoms with Crippen LogP contribution in [-0.4, -0.2) is 22.6 Å². The molecule has 2 aromatic heterocycles. The molecule has 0 atom stereocenters. The number of hydrogen-bond acceptors (Lipinski definition) is 4. The predicted molar refractivity (Wildman–Crippen MR) is 71.0 cm³/mol. The minimum atomic E-state index is -0.267. The number of rotatable bonds is 5. The van der Waals surface area contributed by atoms with Crippen molar-refractivity contribution in [1.82, 2.24) is 9.55 Å². The summed E-state index contributed by atoms with van der Waals surface area (Å²) in [4.78, 5) is 16.6. The molecule has 2 rings (SSSR count). The third-order valence-corrected chi connectivity index (χ3v) is 3.67. The molecular formula is C13H16N2O2S. The zero-order valence-corrected chi connectivity index (χ0v) is 11.4. The number of nitrogens with zero attached hydrogens (tertiary/aromatic N) is 2. The number of carbonyl (C=O) groups excluding carboxylic acids is 1. The molecule has 0 saturated carbocycles. The fourth-order valence-corrected chi connectivity index (χ4v) is 2.68. The lowest BCUT2D eigenvalue weighted by Gasteiger charge is -2.07. The summed E-state index contributed by atoms with van der Waals surface area (Å²) in [6.07, 6.45) is 5.76. The maximum absolute atomic E-state index is 11.6. The van der Waals surface area contributed by atoms with E-state index in [1.807, 2.05) is 17.6 Å².